The highest BCUT2D eigenvalue weighted by Gasteiger charge is 2.22. The predicted molar refractivity (Wildman–Crippen MR) is 73.0 cm³/mol. The number of rotatable bonds is 4. The third-order valence-corrected chi connectivity index (χ3v) is 3.37. The van der Waals surface area contributed by atoms with Crippen LogP contribution in [0.1, 0.15) is 12.8 Å². The van der Waals surface area contributed by atoms with E-state index in [1.165, 1.54) is 0 Å². The molecule has 19 heavy (non-hydrogen) atoms. The number of nitrogens with two attached hydrogens (primary N) is 1. The normalized spacial score (nSPS) is 16.1. The van der Waals surface area contributed by atoms with Crippen LogP contribution in [-0.2, 0) is 9.53 Å². The van der Waals surface area contributed by atoms with Crippen molar-refractivity contribution in [2.45, 2.75) is 18.9 Å². The van der Waals surface area contributed by atoms with Gasteiger partial charge in [0.15, 0.2) is 6.61 Å². The number of likely N-dealkylation sites (N-methyl/N-ethyl adjacent to an activating group) is 1. The molecule has 0 saturated carbocycles. The molecule has 1 fully saturated rings. The second-order valence-corrected chi connectivity index (χ2v) is 4.71. The van der Waals surface area contributed by atoms with E-state index in [-0.39, 0.29) is 18.6 Å². The minimum Gasteiger partial charge on any atom is -0.484 e. The number of anilines is 1. The first-order valence-corrected chi connectivity index (χ1v) is 6.48. The van der Waals surface area contributed by atoms with Crippen molar-refractivity contribution in [2.24, 2.45) is 0 Å². The fourth-order valence-corrected chi connectivity index (χ4v) is 2.09. The summed E-state index contributed by atoms with van der Waals surface area (Å²) in [4.78, 5) is 13.8. The lowest BCUT2D eigenvalue weighted by Crippen LogP contribution is -2.42. The number of nitrogen functional groups attached to an aromatic ring is 1. The van der Waals surface area contributed by atoms with Crippen LogP contribution in [0.5, 0.6) is 5.75 Å². The minimum absolute atomic E-state index is 0.0104. The standard InChI is InChI=1S/C14H20N2O3/c1-16(12-6-8-18-9-7-12)14(17)10-19-13-4-2-11(15)3-5-13/h2-5,12H,6-10,15H2,1H3. The molecule has 1 amide bonds. The van der Waals surface area contributed by atoms with Gasteiger partial charge in [-0.15, -0.1) is 0 Å². The topological polar surface area (TPSA) is 64.8 Å². The van der Waals surface area contributed by atoms with Gasteiger partial charge in [-0.3, -0.25) is 4.79 Å². The van der Waals surface area contributed by atoms with Crippen LogP contribution in [0.25, 0.3) is 0 Å². The summed E-state index contributed by atoms with van der Waals surface area (Å²) in [6.07, 6.45) is 1.79. The molecule has 104 valence electrons. The van der Waals surface area contributed by atoms with Crippen LogP contribution in [0, 0.1) is 0 Å². The van der Waals surface area contributed by atoms with Crippen LogP contribution in [0.4, 0.5) is 5.69 Å². The van der Waals surface area contributed by atoms with Gasteiger partial charge < -0.3 is 20.1 Å². The van der Waals surface area contributed by atoms with Crippen molar-refractivity contribution in [1.29, 1.82) is 0 Å². The molecule has 2 rings (SSSR count). The summed E-state index contributed by atoms with van der Waals surface area (Å²) in [5.74, 6) is 0.645. The van der Waals surface area contributed by atoms with Crippen molar-refractivity contribution in [1.82, 2.24) is 4.90 Å². The average molecular weight is 264 g/mol. The number of hydrogen-bond donors (Lipinski definition) is 1. The second-order valence-electron chi connectivity index (χ2n) is 4.71. The van der Waals surface area contributed by atoms with Crippen molar-refractivity contribution in [3.8, 4) is 5.75 Å². The van der Waals surface area contributed by atoms with Crippen molar-refractivity contribution < 1.29 is 14.3 Å². The molecule has 0 spiro atoms. The first-order valence-electron chi connectivity index (χ1n) is 6.48. The summed E-state index contributed by atoms with van der Waals surface area (Å²) >= 11 is 0. The van der Waals surface area contributed by atoms with E-state index in [0.717, 1.165) is 26.1 Å². The van der Waals surface area contributed by atoms with E-state index >= 15 is 0 Å². The van der Waals surface area contributed by atoms with E-state index in [2.05, 4.69) is 0 Å². The summed E-state index contributed by atoms with van der Waals surface area (Å²) in [5.41, 5.74) is 6.26. The lowest BCUT2D eigenvalue weighted by atomic mass is 10.1. The number of carbonyl (C=O) groups excluding carboxylic acids is 1. The Bertz CT molecular complexity index is 413. The lowest BCUT2D eigenvalue weighted by Gasteiger charge is -2.31. The van der Waals surface area contributed by atoms with Crippen LogP contribution >= 0.6 is 0 Å². The van der Waals surface area contributed by atoms with Crippen LogP contribution in [-0.4, -0.2) is 43.7 Å². The molecule has 5 nitrogen and oxygen atoms in total. The van der Waals surface area contributed by atoms with E-state index in [0.29, 0.717) is 11.4 Å². The van der Waals surface area contributed by atoms with Crippen LogP contribution in [0.3, 0.4) is 0 Å². The molecule has 1 aliphatic heterocycles. The monoisotopic (exact) mass is 264 g/mol. The molecule has 0 radical (unpaired) electrons. The molecule has 0 atom stereocenters. The molecule has 1 saturated heterocycles. The molecule has 1 aromatic carbocycles. The van der Waals surface area contributed by atoms with Crippen LogP contribution in [0.15, 0.2) is 24.3 Å². The number of nitrogens with zero attached hydrogens (tertiary/aromatic N) is 1. The van der Waals surface area contributed by atoms with E-state index in [1.807, 2.05) is 7.05 Å². The largest absolute Gasteiger partial charge is 0.484 e. The molecular formula is C14H20N2O3. The van der Waals surface area contributed by atoms with Crippen LogP contribution < -0.4 is 10.5 Å². The van der Waals surface area contributed by atoms with Crippen molar-refractivity contribution >= 4 is 11.6 Å². The Morgan fingerprint density at radius 3 is 2.63 bits per heavy atom. The van der Waals surface area contributed by atoms with Crippen molar-refractivity contribution in [3.63, 3.8) is 0 Å². The third-order valence-electron chi connectivity index (χ3n) is 3.37. The highest BCUT2D eigenvalue weighted by atomic mass is 16.5. The van der Waals surface area contributed by atoms with Gasteiger partial charge in [-0.2, -0.15) is 0 Å². The fourth-order valence-electron chi connectivity index (χ4n) is 2.09. The maximum Gasteiger partial charge on any atom is 0.260 e. The Hall–Kier alpha value is -1.75. The van der Waals surface area contributed by atoms with Gasteiger partial charge in [0.25, 0.3) is 5.91 Å². The number of carbonyl (C=O) groups is 1. The predicted octanol–water partition coefficient (Wildman–Crippen LogP) is 1.28. The SMILES string of the molecule is CN(C(=O)COc1ccc(N)cc1)C1CCOCC1. The number of amides is 1. The van der Waals surface area contributed by atoms with Crippen LogP contribution in [0.2, 0.25) is 0 Å². The summed E-state index contributed by atoms with van der Waals surface area (Å²) < 4.78 is 10.7. The van der Waals surface area contributed by atoms with Crippen molar-refractivity contribution in [2.75, 3.05) is 32.6 Å². The third kappa shape index (κ3) is 3.86. The highest BCUT2D eigenvalue weighted by molar-refractivity contribution is 5.77. The van der Waals surface area contributed by atoms with Crippen molar-refractivity contribution in [3.05, 3.63) is 24.3 Å². The van der Waals surface area contributed by atoms with E-state index in [1.54, 1.807) is 29.2 Å². The quantitative estimate of drug-likeness (QED) is 0.832. The Balaban J connectivity index is 1.81. The van der Waals surface area contributed by atoms with Gasteiger partial charge in [0.2, 0.25) is 0 Å². The van der Waals surface area contributed by atoms with Gasteiger partial charge in [-0.1, -0.05) is 0 Å². The number of hydrogen-bond acceptors (Lipinski definition) is 4. The smallest absolute Gasteiger partial charge is 0.260 e. The molecule has 2 N–H and O–H groups in total. The Labute approximate surface area is 113 Å². The summed E-state index contributed by atoms with van der Waals surface area (Å²) in [5, 5.41) is 0. The zero-order chi connectivity index (χ0) is 13.7. The first-order chi connectivity index (χ1) is 9.16. The van der Waals surface area contributed by atoms with E-state index in [9.17, 15) is 4.79 Å². The maximum atomic E-state index is 12.0. The van der Waals surface area contributed by atoms with Gasteiger partial charge in [0.05, 0.1) is 0 Å². The summed E-state index contributed by atoms with van der Waals surface area (Å²) in [6.45, 7) is 1.50. The molecule has 1 aromatic rings. The molecule has 1 heterocycles. The first kappa shape index (κ1) is 13.7. The zero-order valence-corrected chi connectivity index (χ0v) is 11.2. The molecule has 0 aromatic heterocycles. The van der Waals surface area contributed by atoms with Gasteiger partial charge in [0.1, 0.15) is 5.75 Å². The second kappa shape index (κ2) is 6.43. The average Bonchev–Trinajstić information content (AvgIpc) is 2.46. The number of ether oxygens (including phenoxy) is 2. The van der Waals surface area contributed by atoms with Gasteiger partial charge in [-0.25, -0.2) is 0 Å². The minimum atomic E-state index is -0.0104. The summed E-state index contributed by atoms with van der Waals surface area (Å²) in [7, 11) is 1.82. The Morgan fingerprint density at radius 2 is 2.00 bits per heavy atom. The molecule has 5 heteroatoms. The number of benzene rings is 1. The highest BCUT2D eigenvalue weighted by Crippen LogP contribution is 2.15. The molecule has 0 bridgehead atoms. The van der Waals surface area contributed by atoms with Gasteiger partial charge >= 0.3 is 0 Å². The Morgan fingerprint density at radius 1 is 1.37 bits per heavy atom. The zero-order valence-electron chi connectivity index (χ0n) is 11.2. The van der Waals surface area contributed by atoms with Gasteiger partial charge in [0, 0.05) is 32.0 Å². The molecule has 0 aliphatic carbocycles. The van der Waals surface area contributed by atoms with Gasteiger partial charge in [-0.05, 0) is 37.1 Å². The molecule has 1 aliphatic rings. The maximum absolute atomic E-state index is 12.0. The molecular weight excluding hydrogens is 244 g/mol. The molecule has 0 unspecified atom stereocenters. The summed E-state index contributed by atoms with van der Waals surface area (Å²) in [6, 6.07) is 7.29. The van der Waals surface area contributed by atoms with E-state index < -0.39 is 0 Å². The fraction of sp³-hybridized carbons (Fsp3) is 0.500. The Kier molecular flexibility index (Phi) is 4.63. The van der Waals surface area contributed by atoms with E-state index in [4.69, 9.17) is 15.2 Å². The lowest BCUT2D eigenvalue weighted by molar-refractivity contribution is -0.135.